The molecule has 1 N–H and O–H groups in total. The Bertz CT molecular complexity index is 787. The second-order valence-electron chi connectivity index (χ2n) is 5.35. The van der Waals surface area contributed by atoms with Crippen LogP contribution in [0.1, 0.15) is 17.5 Å². The molecule has 0 spiro atoms. The third-order valence-electron chi connectivity index (χ3n) is 3.82. The van der Waals surface area contributed by atoms with Crippen LogP contribution in [0.3, 0.4) is 0 Å². The quantitative estimate of drug-likeness (QED) is 0.924. The number of hydrogen-bond acceptors (Lipinski definition) is 2. The zero-order chi connectivity index (χ0) is 14.3. The maximum Gasteiger partial charge on any atom is 0.211 e. The number of H-pyrrole nitrogens is 1. The molecule has 0 atom stereocenters. The Morgan fingerprint density at radius 3 is 2.75 bits per heavy atom. The van der Waals surface area contributed by atoms with Crippen molar-refractivity contribution in [2.75, 3.05) is 19.3 Å². The van der Waals surface area contributed by atoms with E-state index in [0.29, 0.717) is 13.1 Å². The van der Waals surface area contributed by atoms with Crippen LogP contribution in [-0.4, -0.2) is 37.1 Å². The van der Waals surface area contributed by atoms with E-state index in [4.69, 9.17) is 0 Å². The zero-order valence-electron chi connectivity index (χ0n) is 11.7. The number of aromatic nitrogens is 1. The van der Waals surface area contributed by atoms with Crippen LogP contribution in [0.25, 0.3) is 16.5 Å². The molecule has 1 aliphatic rings. The minimum Gasteiger partial charge on any atom is -0.361 e. The fourth-order valence-electron chi connectivity index (χ4n) is 2.70. The van der Waals surface area contributed by atoms with Gasteiger partial charge in [-0.05, 0) is 30.5 Å². The van der Waals surface area contributed by atoms with Crippen LogP contribution in [0.15, 0.2) is 30.5 Å². The highest BCUT2D eigenvalue weighted by molar-refractivity contribution is 7.88. The normalized spacial score (nSPS) is 17.4. The van der Waals surface area contributed by atoms with Crippen molar-refractivity contribution >= 4 is 26.5 Å². The maximum absolute atomic E-state index is 11.5. The smallest absolute Gasteiger partial charge is 0.211 e. The molecule has 1 aliphatic heterocycles. The van der Waals surface area contributed by atoms with Crippen LogP contribution in [0, 0.1) is 6.92 Å². The minimum absolute atomic E-state index is 0.465. The van der Waals surface area contributed by atoms with Gasteiger partial charge in [-0.1, -0.05) is 18.2 Å². The molecular weight excluding hydrogens is 272 g/mol. The van der Waals surface area contributed by atoms with Crippen molar-refractivity contribution in [2.24, 2.45) is 0 Å². The molecule has 0 fully saturated rings. The SMILES string of the molecule is Cc1ccc2c(C3=CCN(S(C)(=O)=O)CC3)c[nH]c2c1. The number of sulfonamides is 1. The number of fused-ring (bicyclic) bond motifs is 1. The first-order valence-corrected chi connectivity index (χ1v) is 8.52. The zero-order valence-corrected chi connectivity index (χ0v) is 12.5. The summed E-state index contributed by atoms with van der Waals surface area (Å²) in [6.45, 7) is 3.10. The van der Waals surface area contributed by atoms with Crippen LogP contribution < -0.4 is 0 Å². The lowest BCUT2D eigenvalue weighted by molar-refractivity contribution is 0.446. The first-order valence-electron chi connectivity index (χ1n) is 6.67. The van der Waals surface area contributed by atoms with Gasteiger partial charge in [-0.3, -0.25) is 0 Å². The van der Waals surface area contributed by atoms with E-state index in [2.05, 4.69) is 30.1 Å². The molecule has 3 rings (SSSR count). The minimum atomic E-state index is -3.09. The van der Waals surface area contributed by atoms with Crippen LogP contribution in [0.2, 0.25) is 0 Å². The van der Waals surface area contributed by atoms with Gasteiger partial charge in [0.05, 0.1) is 6.26 Å². The average Bonchev–Trinajstić information content (AvgIpc) is 2.80. The summed E-state index contributed by atoms with van der Waals surface area (Å²) in [4.78, 5) is 3.30. The van der Waals surface area contributed by atoms with Gasteiger partial charge in [-0.15, -0.1) is 0 Å². The third kappa shape index (κ3) is 2.39. The molecule has 4 nitrogen and oxygen atoms in total. The van der Waals surface area contributed by atoms with Crippen LogP contribution in [0.5, 0.6) is 0 Å². The van der Waals surface area contributed by atoms with Crippen molar-refractivity contribution in [2.45, 2.75) is 13.3 Å². The number of rotatable bonds is 2. The van der Waals surface area contributed by atoms with Crippen molar-refractivity contribution < 1.29 is 8.42 Å². The summed E-state index contributed by atoms with van der Waals surface area (Å²) in [6, 6.07) is 6.36. The van der Waals surface area contributed by atoms with Crippen molar-refractivity contribution in [1.29, 1.82) is 0 Å². The van der Waals surface area contributed by atoms with E-state index in [1.54, 1.807) is 0 Å². The van der Waals surface area contributed by atoms with Gasteiger partial charge in [0.1, 0.15) is 0 Å². The van der Waals surface area contributed by atoms with Crippen LogP contribution in [-0.2, 0) is 10.0 Å². The van der Waals surface area contributed by atoms with Gasteiger partial charge in [-0.25, -0.2) is 8.42 Å². The number of benzene rings is 1. The number of aryl methyl sites for hydroxylation is 1. The summed E-state index contributed by atoms with van der Waals surface area (Å²) in [5, 5.41) is 1.20. The molecule has 2 heterocycles. The highest BCUT2D eigenvalue weighted by Gasteiger charge is 2.21. The molecule has 2 aromatic rings. The number of nitrogens with zero attached hydrogens (tertiary/aromatic N) is 1. The fourth-order valence-corrected chi connectivity index (χ4v) is 3.47. The van der Waals surface area contributed by atoms with Crippen LogP contribution >= 0.6 is 0 Å². The molecule has 0 unspecified atom stereocenters. The third-order valence-corrected chi connectivity index (χ3v) is 5.09. The topological polar surface area (TPSA) is 53.2 Å². The Morgan fingerprint density at radius 1 is 1.30 bits per heavy atom. The second kappa shape index (κ2) is 4.75. The monoisotopic (exact) mass is 290 g/mol. The summed E-state index contributed by atoms with van der Waals surface area (Å²) in [5.41, 5.74) is 4.77. The van der Waals surface area contributed by atoms with Gasteiger partial charge >= 0.3 is 0 Å². The second-order valence-corrected chi connectivity index (χ2v) is 7.33. The molecular formula is C15H18N2O2S. The summed E-state index contributed by atoms with van der Waals surface area (Å²) in [7, 11) is -3.09. The van der Waals surface area contributed by atoms with Crippen molar-refractivity contribution in [3.63, 3.8) is 0 Å². The van der Waals surface area contributed by atoms with Gasteiger partial charge in [0.2, 0.25) is 10.0 Å². The number of hydrogen-bond donors (Lipinski definition) is 1. The first-order chi connectivity index (χ1) is 9.45. The summed E-state index contributed by atoms with van der Waals surface area (Å²) < 4.78 is 24.5. The summed E-state index contributed by atoms with van der Waals surface area (Å²) in [6.07, 6.45) is 6.06. The van der Waals surface area contributed by atoms with Crippen LogP contribution in [0.4, 0.5) is 0 Å². The van der Waals surface area contributed by atoms with E-state index < -0.39 is 10.0 Å². The van der Waals surface area contributed by atoms with E-state index in [-0.39, 0.29) is 0 Å². The highest BCUT2D eigenvalue weighted by atomic mass is 32.2. The lowest BCUT2D eigenvalue weighted by Gasteiger charge is -2.24. The van der Waals surface area contributed by atoms with Gasteiger partial charge in [0, 0.05) is 35.8 Å². The van der Waals surface area contributed by atoms with E-state index in [1.165, 1.54) is 32.6 Å². The highest BCUT2D eigenvalue weighted by Crippen LogP contribution is 2.30. The molecule has 0 saturated heterocycles. The molecule has 5 heteroatoms. The predicted octanol–water partition coefficient (Wildman–Crippen LogP) is 2.53. The largest absolute Gasteiger partial charge is 0.361 e. The maximum atomic E-state index is 11.5. The Labute approximate surface area is 119 Å². The van der Waals surface area contributed by atoms with E-state index in [1.807, 2.05) is 12.3 Å². The molecule has 1 aromatic heterocycles. The Morgan fingerprint density at radius 2 is 2.10 bits per heavy atom. The lowest BCUT2D eigenvalue weighted by atomic mass is 9.99. The number of aromatic amines is 1. The molecule has 0 amide bonds. The van der Waals surface area contributed by atoms with Gasteiger partial charge in [0.15, 0.2) is 0 Å². The van der Waals surface area contributed by atoms with E-state index in [9.17, 15) is 8.42 Å². The Hall–Kier alpha value is -1.59. The molecule has 106 valence electrons. The standard InChI is InChI=1S/C15H18N2O2S/c1-11-3-4-13-14(10-16-15(13)9-11)12-5-7-17(8-6-12)20(2,18)19/h3-5,9-10,16H,6-8H2,1-2H3. The van der Waals surface area contributed by atoms with E-state index >= 15 is 0 Å². The Kier molecular flexibility index (Phi) is 3.18. The van der Waals surface area contributed by atoms with E-state index in [0.717, 1.165) is 11.9 Å². The Balaban J connectivity index is 1.95. The molecule has 1 aromatic carbocycles. The van der Waals surface area contributed by atoms with Gasteiger partial charge in [-0.2, -0.15) is 4.31 Å². The van der Waals surface area contributed by atoms with Crippen molar-refractivity contribution in [3.05, 3.63) is 41.6 Å². The average molecular weight is 290 g/mol. The first kappa shape index (κ1) is 13.4. The van der Waals surface area contributed by atoms with Gasteiger partial charge in [0.25, 0.3) is 0 Å². The predicted molar refractivity (Wildman–Crippen MR) is 82.0 cm³/mol. The lowest BCUT2D eigenvalue weighted by Crippen LogP contribution is -2.33. The molecule has 0 radical (unpaired) electrons. The molecule has 0 saturated carbocycles. The van der Waals surface area contributed by atoms with Gasteiger partial charge < -0.3 is 4.98 Å². The summed E-state index contributed by atoms with van der Waals surface area (Å²) >= 11 is 0. The molecule has 0 aliphatic carbocycles. The summed E-state index contributed by atoms with van der Waals surface area (Å²) in [5.74, 6) is 0. The number of nitrogens with one attached hydrogen (secondary N) is 1. The molecule has 0 bridgehead atoms. The van der Waals surface area contributed by atoms with Crippen molar-refractivity contribution in [3.8, 4) is 0 Å². The fraction of sp³-hybridized carbons (Fsp3) is 0.333. The van der Waals surface area contributed by atoms with Crippen molar-refractivity contribution in [1.82, 2.24) is 9.29 Å². The molecule has 20 heavy (non-hydrogen) atoms.